The van der Waals surface area contributed by atoms with Crippen LogP contribution in [0.1, 0.15) is 32.6 Å². The van der Waals surface area contributed by atoms with E-state index < -0.39 is 0 Å². The molecule has 1 fully saturated rings. The first-order chi connectivity index (χ1) is 4.77. The van der Waals surface area contributed by atoms with Gasteiger partial charge in [-0.25, -0.2) is 0 Å². The van der Waals surface area contributed by atoms with Crippen LogP contribution in [0.3, 0.4) is 0 Å². The molecule has 1 heterocycles. The molecule has 2 nitrogen and oxygen atoms in total. The minimum atomic E-state index is 0.233. The average molecular weight is 142 g/mol. The molecule has 60 valence electrons. The van der Waals surface area contributed by atoms with E-state index >= 15 is 0 Å². The fourth-order valence-corrected chi connectivity index (χ4v) is 1.47. The fourth-order valence-electron chi connectivity index (χ4n) is 1.47. The van der Waals surface area contributed by atoms with Gasteiger partial charge in [-0.3, -0.25) is 0 Å². The van der Waals surface area contributed by atoms with Crippen molar-refractivity contribution in [2.24, 2.45) is 5.73 Å². The molecular weight excluding hydrogens is 124 g/mol. The third-order valence-electron chi connectivity index (χ3n) is 2.41. The zero-order valence-corrected chi connectivity index (χ0v) is 6.82. The second-order valence-corrected chi connectivity index (χ2v) is 3.50. The lowest BCUT2D eigenvalue weighted by atomic mass is 9.97. The Labute approximate surface area is 63.2 Å². The van der Waals surface area contributed by atoms with E-state index in [9.17, 15) is 0 Å². The molecule has 0 aromatic heterocycles. The van der Waals surface area contributed by atoms with Crippen LogP contribution in [0.25, 0.3) is 0 Å². The van der Waals surface area contributed by atoms with E-state index in [4.69, 9.17) is 5.73 Å². The highest BCUT2D eigenvalue weighted by molar-refractivity contribution is 4.85. The number of nitrogens with two attached hydrogens (primary N) is 1. The quantitative estimate of drug-likeness (QED) is 0.570. The van der Waals surface area contributed by atoms with Gasteiger partial charge in [0.2, 0.25) is 0 Å². The Morgan fingerprint density at radius 3 is 2.90 bits per heavy atom. The molecule has 0 aromatic carbocycles. The van der Waals surface area contributed by atoms with Crippen molar-refractivity contribution in [1.82, 2.24) is 5.32 Å². The lowest BCUT2D eigenvalue weighted by Crippen LogP contribution is -2.47. The predicted molar refractivity (Wildman–Crippen MR) is 43.9 cm³/mol. The molecule has 0 aliphatic carbocycles. The molecule has 3 N–H and O–H groups in total. The standard InChI is InChI=1S/C8H18N2/c1-8(7-9)5-3-2-4-6-10-8/h10H,2-7,9H2,1H3. The molecule has 2 heteroatoms. The van der Waals surface area contributed by atoms with Gasteiger partial charge < -0.3 is 11.1 Å². The molecule has 10 heavy (non-hydrogen) atoms. The zero-order chi connectivity index (χ0) is 7.45. The van der Waals surface area contributed by atoms with Gasteiger partial charge in [-0.05, 0) is 26.3 Å². The average Bonchev–Trinajstić information content (AvgIpc) is 2.15. The molecule has 1 saturated heterocycles. The molecule has 0 radical (unpaired) electrons. The third-order valence-corrected chi connectivity index (χ3v) is 2.41. The maximum Gasteiger partial charge on any atom is 0.0275 e. The van der Waals surface area contributed by atoms with Gasteiger partial charge in [0, 0.05) is 12.1 Å². The number of rotatable bonds is 1. The van der Waals surface area contributed by atoms with Gasteiger partial charge >= 0.3 is 0 Å². The summed E-state index contributed by atoms with van der Waals surface area (Å²) in [5.41, 5.74) is 5.88. The Hall–Kier alpha value is -0.0800. The summed E-state index contributed by atoms with van der Waals surface area (Å²) in [7, 11) is 0. The first-order valence-electron chi connectivity index (χ1n) is 4.22. The lowest BCUT2D eigenvalue weighted by Gasteiger charge is -2.27. The Balaban J connectivity index is 2.41. The van der Waals surface area contributed by atoms with Gasteiger partial charge in [0.25, 0.3) is 0 Å². The van der Waals surface area contributed by atoms with Crippen molar-refractivity contribution in [2.45, 2.75) is 38.1 Å². The summed E-state index contributed by atoms with van der Waals surface area (Å²) in [6.45, 7) is 4.14. The second kappa shape index (κ2) is 3.35. The molecule has 1 atom stereocenters. The molecule has 0 saturated carbocycles. The number of nitrogens with one attached hydrogen (secondary N) is 1. The molecule has 0 aromatic rings. The lowest BCUT2D eigenvalue weighted by molar-refractivity contribution is 0.358. The largest absolute Gasteiger partial charge is 0.329 e. The zero-order valence-electron chi connectivity index (χ0n) is 6.82. The summed E-state index contributed by atoms with van der Waals surface area (Å²) in [6.07, 6.45) is 5.25. The molecule has 1 aliphatic heterocycles. The van der Waals surface area contributed by atoms with Crippen LogP contribution in [-0.2, 0) is 0 Å². The number of hydrogen-bond acceptors (Lipinski definition) is 2. The highest BCUT2D eigenvalue weighted by Gasteiger charge is 2.22. The SMILES string of the molecule is CC1(CN)CCCCCN1. The van der Waals surface area contributed by atoms with Crippen LogP contribution in [0.2, 0.25) is 0 Å². The van der Waals surface area contributed by atoms with Crippen molar-refractivity contribution in [3.05, 3.63) is 0 Å². The molecule has 0 amide bonds. The van der Waals surface area contributed by atoms with Crippen molar-refractivity contribution in [2.75, 3.05) is 13.1 Å². The molecule has 1 aliphatic rings. The van der Waals surface area contributed by atoms with Crippen molar-refractivity contribution >= 4 is 0 Å². The highest BCUT2D eigenvalue weighted by Crippen LogP contribution is 2.16. The van der Waals surface area contributed by atoms with Crippen LogP contribution in [0, 0.1) is 0 Å². The topological polar surface area (TPSA) is 38.0 Å². The maximum atomic E-state index is 5.64. The minimum Gasteiger partial charge on any atom is -0.329 e. The van der Waals surface area contributed by atoms with Crippen molar-refractivity contribution in [3.63, 3.8) is 0 Å². The van der Waals surface area contributed by atoms with E-state index in [1.54, 1.807) is 0 Å². The van der Waals surface area contributed by atoms with Gasteiger partial charge in [0.05, 0.1) is 0 Å². The van der Waals surface area contributed by atoms with Gasteiger partial charge in [-0.2, -0.15) is 0 Å². The predicted octanol–water partition coefficient (Wildman–Crippen LogP) is 0.867. The van der Waals surface area contributed by atoms with Gasteiger partial charge in [-0.1, -0.05) is 12.8 Å². The Morgan fingerprint density at radius 1 is 1.40 bits per heavy atom. The summed E-state index contributed by atoms with van der Waals surface area (Å²) in [4.78, 5) is 0. The Bertz CT molecular complexity index is 93.4. The van der Waals surface area contributed by atoms with Crippen LogP contribution < -0.4 is 11.1 Å². The summed E-state index contributed by atoms with van der Waals surface area (Å²) in [5.74, 6) is 0. The van der Waals surface area contributed by atoms with Crippen molar-refractivity contribution < 1.29 is 0 Å². The summed E-state index contributed by atoms with van der Waals surface area (Å²) >= 11 is 0. The third kappa shape index (κ3) is 1.96. The van der Waals surface area contributed by atoms with Crippen LogP contribution in [0.5, 0.6) is 0 Å². The Kier molecular flexibility index (Phi) is 2.69. The van der Waals surface area contributed by atoms with Crippen LogP contribution in [-0.4, -0.2) is 18.6 Å². The molecule has 0 bridgehead atoms. The van der Waals surface area contributed by atoms with E-state index in [1.807, 2.05) is 0 Å². The van der Waals surface area contributed by atoms with E-state index in [1.165, 1.54) is 25.7 Å². The van der Waals surface area contributed by atoms with E-state index in [0.29, 0.717) is 0 Å². The molecule has 1 rings (SSSR count). The van der Waals surface area contributed by atoms with Crippen LogP contribution >= 0.6 is 0 Å². The Morgan fingerprint density at radius 2 is 2.20 bits per heavy atom. The van der Waals surface area contributed by atoms with E-state index in [-0.39, 0.29) is 5.54 Å². The second-order valence-electron chi connectivity index (χ2n) is 3.50. The van der Waals surface area contributed by atoms with Gasteiger partial charge in [0.1, 0.15) is 0 Å². The number of hydrogen-bond donors (Lipinski definition) is 2. The summed E-state index contributed by atoms with van der Waals surface area (Å²) in [6, 6.07) is 0. The minimum absolute atomic E-state index is 0.233. The first kappa shape index (κ1) is 8.02. The maximum absolute atomic E-state index is 5.64. The van der Waals surface area contributed by atoms with Gasteiger partial charge in [0.15, 0.2) is 0 Å². The monoisotopic (exact) mass is 142 g/mol. The summed E-state index contributed by atoms with van der Waals surface area (Å²) < 4.78 is 0. The molecular formula is C8H18N2. The van der Waals surface area contributed by atoms with Crippen molar-refractivity contribution in [3.8, 4) is 0 Å². The highest BCUT2D eigenvalue weighted by atomic mass is 15.0. The summed E-state index contributed by atoms with van der Waals surface area (Å²) in [5, 5.41) is 3.48. The van der Waals surface area contributed by atoms with Crippen LogP contribution in [0.4, 0.5) is 0 Å². The fraction of sp³-hybridized carbons (Fsp3) is 1.00. The smallest absolute Gasteiger partial charge is 0.0275 e. The van der Waals surface area contributed by atoms with Gasteiger partial charge in [-0.15, -0.1) is 0 Å². The normalized spacial score (nSPS) is 35.4. The van der Waals surface area contributed by atoms with E-state index in [0.717, 1.165) is 13.1 Å². The van der Waals surface area contributed by atoms with Crippen molar-refractivity contribution in [1.29, 1.82) is 0 Å². The first-order valence-corrected chi connectivity index (χ1v) is 4.22. The van der Waals surface area contributed by atoms with Crippen LogP contribution in [0.15, 0.2) is 0 Å². The van der Waals surface area contributed by atoms with E-state index in [2.05, 4.69) is 12.2 Å². The molecule has 0 spiro atoms. The molecule has 1 unspecified atom stereocenters.